The van der Waals surface area contributed by atoms with Gasteiger partial charge in [0.1, 0.15) is 0 Å². The summed E-state index contributed by atoms with van der Waals surface area (Å²) in [6, 6.07) is 6.56. The SMILES string of the molecule is CCS(=O)(=O)Nc1ccccc1C(=O)N1CCN(C(C)=O)CC1. The smallest absolute Gasteiger partial charge is 0.256 e. The molecule has 7 nitrogen and oxygen atoms in total. The van der Waals surface area contributed by atoms with Crippen molar-refractivity contribution in [1.29, 1.82) is 0 Å². The van der Waals surface area contributed by atoms with Crippen LogP contribution in [-0.2, 0) is 14.8 Å². The van der Waals surface area contributed by atoms with E-state index < -0.39 is 10.0 Å². The van der Waals surface area contributed by atoms with Gasteiger partial charge in [0.15, 0.2) is 0 Å². The third-order valence-electron chi connectivity index (χ3n) is 3.82. The Bertz CT molecular complexity index is 694. The molecule has 0 atom stereocenters. The number of rotatable bonds is 4. The molecule has 126 valence electrons. The maximum atomic E-state index is 12.7. The molecule has 1 heterocycles. The number of sulfonamides is 1. The molecule has 0 spiro atoms. The van der Waals surface area contributed by atoms with Gasteiger partial charge in [0, 0.05) is 33.1 Å². The number of amides is 2. The van der Waals surface area contributed by atoms with E-state index in [0.29, 0.717) is 31.7 Å². The van der Waals surface area contributed by atoms with Gasteiger partial charge >= 0.3 is 0 Å². The molecule has 0 aromatic heterocycles. The molecule has 0 unspecified atom stereocenters. The van der Waals surface area contributed by atoms with Gasteiger partial charge in [0.2, 0.25) is 15.9 Å². The van der Waals surface area contributed by atoms with Crippen LogP contribution >= 0.6 is 0 Å². The average molecular weight is 339 g/mol. The molecule has 2 amide bonds. The van der Waals surface area contributed by atoms with Gasteiger partial charge in [-0.05, 0) is 19.1 Å². The van der Waals surface area contributed by atoms with Gasteiger partial charge in [0.25, 0.3) is 5.91 Å². The van der Waals surface area contributed by atoms with Gasteiger partial charge < -0.3 is 9.80 Å². The Morgan fingerprint density at radius 1 is 1.09 bits per heavy atom. The van der Waals surface area contributed by atoms with E-state index >= 15 is 0 Å². The number of carbonyl (C=O) groups excluding carboxylic acids is 2. The van der Waals surface area contributed by atoms with E-state index in [1.54, 1.807) is 34.1 Å². The normalized spacial score (nSPS) is 15.4. The van der Waals surface area contributed by atoms with E-state index in [-0.39, 0.29) is 23.3 Å². The van der Waals surface area contributed by atoms with Gasteiger partial charge in [-0.3, -0.25) is 14.3 Å². The molecule has 1 aliphatic heterocycles. The first-order chi connectivity index (χ1) is 10.8. The summed E-state index contributed by atoms with van der Waals surface area (Å²) in [6.45, 7) is 4.90. The second-order valence-electron chi connectivity index (χ2n) is 5.35. The summed E-state index contributed by atoms with van der Waals surface area (Å²) >= 11 is 0. The van der Waals surface area contributed by atoms with Gasteiger partial charge in [-0.15, -0.1) is 0 Å². The third-order valence-corrected chi connectivity index (χ3v) is 5.11. The van der Waals surface area contributed by atoms with Crippen LogP contribution in [0.1, 0.15) is 24.2 Å². The molecule has 1 aromatic carbocycles. The number of para-hydroxylation sites is 1. The number of hydrogen-bond donors (Lipinski definition) is 1. The fraction of sp³-hybridized carbons (Fsp3) is 0.467. The molecule has 0 bridgehead atoms. The van der Waals surface area contributed by atoms with E-state index in [9.17, 15) is 18.0 Å². The maximum Gasteiger partial charge on any atom is 0.256 e. The van der Waals surface area contributed by atoms with Crippen LogP contribution < -0.4 is 4.72 Å². The molecule has 0 aliphatic carbocycles. The molecular formula is C15H21N3O4S. The summed E-state index contributed by atoms with van der Waals surface area (Å²) in [5.74, 6) is -0.303. The Kier molecular flexibility index (Phi) is 5.25. The van der Waals surface area contributed by atoms with Crippen molar-refractivity contribution < 1.29 is 18.0 Å². The Balaban J connectivity index is 2.16. The lowest BCUT2D eigenvalue weighted by molar-refractivity contribution is -0.130. The summed E-state index contributed by atoms with van der Waals surface area (Å²) in [6.07, 6.45) is 0. The van der Waals surface area contributed by atoms with Crippen LogP contribution in [0.2, 0.25) is 0 Å². The standard InChI is InChI=1S/C15H21N3O4S/c1-3-23(21,22)16-14-7-5-4-6-13(14)15(20)18-10-8-17(9-11-18)12(2)19/h4-7,16H,3,8-11H2,1-2H3. The zero-order chi connectivity index (χ0) is 17.0. The number of piperazine rings is 1. The van der Waals surface area contributed by atoms with Crippen molar-refractivity contribution in [2.24, 2.45) is 0 Å². The van der Waals surface area contributed by atoms with Gasteiger partial charge in [0.05, 0.1) is 17.0 Å². The van der Waals surface area contributed by atoms with E-state index in [1.807, 2.05) is 0 Å². The fourth-order valence-corrected chi connectivity index (χ4v) is 3.05. The van der Waals surface area contributed by atoms with Crippen molar-refractivity contribution >= 4 is 27.5 Å². The minimum absolute atomic E-state index is 0.00629. The first-order valence-electron chi connectivity index (χ1n) is 7.48. The number of hydrogen-bond acceptors (Lipinski definition) is 4. The monoisotopic (exact) mass is 339 g/mol. The number of benzene rings is 1. The first kappa shape index (κ1) is 17.3. The molecule has 1 fully saturated rings. The summed E-state index contributed by atoms with van der Waals surface area (Å²) in [5.41, 5.74) is 0.606. The predicted molar refractivity (Wildman–Crippen MR) is 87.7 cm³/mol. The summed E-state index contributed by atoms with van der Waals surface area (Å²) < 4.78 is 26.0. The van der Waals surface area contributed by atoms with Crippen molar-refractivity contribution in [1.82, 2.24) is 9.80 Å². The zero-order valence-corrected chi connectivity index (χ0v) is 14.1. The molecule has 1 aliphatic rings. The van der Waals surface area contributed by atoms with Crippen molar-refractivity contribution in [3.63, 3.8) is 0 Å². The number of nitrogens with zero attached hydrogens (tertiary/aromatic N) is 2. The third kappa shape index (κ3) is 4.22. The maximum absolute atomic E-state index is 12.7. The average Bonchev–Trinajstić information content (AvgIpc) is 2.54. The van der Waals surface area contributed by atoms with Crippen LogP contribution in [-0.4, -0.2) is 62.0 Å². The fourth-order valence-electron chi connectivity index (χ4n) is 2.39. The predicted octanol–water partition coefficient (Wildman–Crippen LogP) is 0.752. The molecule has 1 saturated heterocycles. The topological polar surface area (TPSA) is 86.8 Å². The number of nitrogens with one attached hydrogen (secondary N) is 1. The molecule has 8 heteroatoms. The van der Waals surface area contributed by atoms with E-state index in [4.69, 9.17) is 0 Å². The van der Waals surface area contributed by atoms with Gasteiger partial charge in [-0.25, -0.2) is 8.42 Å². The highest BCUT2D eigenvalue weighted by Gasteiger charge is 2.25. The minimum atomic E-state index is -3.45. The Morgan fingerprint density at radius 3 is 2.22 bits per heavy atom. The van der Waals surface area contributed by atoms with Gasteiger partial charge in [-0.1, -0.05) is 12.1 Å². The van der Waals surface area contributed by atoms with Crippen molar-refractivity contribution in [3.8, 4) is 0 Å². The second-order valence-corrected chi connectivity index (χ2v) is 7.36. The Labute approximate surface area is 136 Å². The lowest BCUT2D eigenvalue weighted by Crippen LogP contribution is -2.50. The Morgan fingerprint density at radius 2 is 1.65 bits per heavy atom. The van der Waals surface area contributed by atoms with Crippen LogP contribution in [0, 0.1) is 0 Å². The first-order valence-corrected chi connectivity index (χ1v) is 9.13. The molecular weight excluding hydrogens is 318 g/mol. The minimum Gasteiger partial charge on any atom is -0.339 e. The van der Waals surface area contributed by atoms with Crippen LogP contribution in [0.4, 0.5) is 5.69 Å². The van der Waals surface area contributed by atoms with E-state index in [1.165, 1.54) is 13.8 Å². The molecule has 1 aromatic rings. The molecule has 23 heavy (non-hydrogen) atoms. The highest BCUT2D eigenvalue weighted by Crippen LogP contribution is 2.19. The van der Waals surface area contributed by atoms with Crippen molar-refractivity contribution in [2.75, 3.05) is 36.7 Å². The highest BCUT2D eigenvalue weighted by atomic mass is 32.2. The highest BCUT2D eigenvalue weighted by molar-refractivity contribution is 7.92. The van der Waals surface area contributed by atoms with Crippen LogP contribution in [0.3, 0.4) is 0 Å². The lowest BCUT2D eigenvalue weighted by Gasteiger charge is -2.34. The summed E-state index contributed by atoms with van der Waals surface area (Å²) in [4.78, 5) is 27.3. The largest absolute Gasteiger partial charge is 0.339 e. The quantitative estimate of drug-likeness (QED) is 0.877. The number of carbonyl (C=O) groups is 2. The van der Waals surface area contributed by atoms with Crippen LogP contribution in [0.5, 0.6) is 0 Å². The second kappa shape index (κ2) is 6.99. The number of anilines is 1. The van der Waals surface area contributed by atoms with Crippen molar-refractivity contribution in [2.45, 2.75) is 13.8 Å². The molecule has 0 radical (unpaired) electrons. The Hall–Kier alpha value is -2.09. The van der Waals surface area contributed by atoms with Gasteiger partial charge in [-0.2, -0.15) is 0 Å². The van der Waals surface area contributed by atoms with E-state index in [0.717, 1.165) is 0 Å². The van der Waals surface area contributed by atoms with Crippen molar-refractivity contribution in [3.05, 3.63) is 29.8 Å². The summed E-state index contributed by atoms with van der Waals surface area (Å²) in [7, 11) is -3.45. The molecule has 1 N–H and O–H groups in total. The molecule has 0 saturated carbocycles. The zero-order valence-electron chi connectivity index (χ0n) is 13.3. The molecule has 2 rings (SSSR count). The van der Waals surface area contributed by atoms with Crippen LogP contribution in [0.15, 0.2) is 24.3 Å². The van der Waals surface area contributed by atoms with E-state index in [2.05, 4.69) is 4.72 Å². The summed E-state index contributed by atoms with van der Waals surface area (Å²) in [5, 5.41) is 0. The lowest BCUT2D eigenvalue weighted by atomic mass is 10.1. The van der Waals surface area contributed by atoms with Crippen LogP contribution in [0.25, 0.3) is 0 Å².